The first kappa shape index (κ1) is 17.7. The quantitative estimate of drug-likeness (QED) is 0.703. The van der Waals surface area contributed by atoms with Crippen molar-refractivity contribution < 1.29 is 4.74 Å². The molecule has 0 aliphatic rings. The molecule has 6 nitrogen and oxygen atoms in total. The molecule has 0 bridgehead atoms. The first-order chi connectivity index (χ1) is 12.6. The molecule has 0 unspecified atom stereocenters. The second-order valence-corrected chi connectivity index (χ2v) is 6.08. The molecule has 1 N–H and O–H groups in total. The molecule has 0 atom stereocenters. The Morgan fingerprint density at radius 3 is 2.46 bits per heavy atom. The maximum absolute atomic E-state index is 5.19. The van der Waals surface area contributed by atoms with E-state index in [1.807, 2.05) is 68.8 Å². The van der Waals surface area contributed by atoms with Gasteiger partial charge in [-0.15, -0.1) is 0 Å². The van der Waals surface area contributed by atoms with Crippen molar-refractivity contribution in [2.24, 2.45) is 0 Å². The first-order valence-electron chi connectivity index (χ1n) is 8.51. The second-order valence-electron chi connectivity index (χ2n) is 6.08. The Kier molecular flexibility index (Phi) is 5.63. The molecule has 0 aliphatic heterocycles. The number of hydrogen-bond acceptors (Lipinski definition) is 6. The Labute approximate surface area is 153 Å². The van der Waals surface area contributed by atoms with Gasteiger partial charge in [-0.05, 0) is 55.3 Å². The Balaban J connectivity index is 1.69. The fraction of sp³-hybridized carbons (Fsp3) is 0.250. The SMILES string of the molecule is COc1ccc(Nc2cc(C)nc(N(C)CCc3ccncc3)n2)cc1. The van der Waals surface area contributed by atoms with Gasteiger partial charge in [0, 0.05) is 43.4 Å². The van der Waals surface area contributed by atoms with Gasteiger partial charge in [0.2, 0.25) is 5.95 Å². The van der Waals surface area contributed by atoms with Crippen LogP contribution in [0.25, 0.3) is 0 Å². The summed E-state index contributed by atoms with van der Waals surface area (Å²) in [6.07, 6.45) is 4.54. The highest BCUT2D eigenvalue weighted by Crippen LogP contribution is 2.20. The van der Waals surface area contributed by atoms with Crippen LogP contribution in [0.3, 0.4) is 0 Å². The van der Waals surface area contributed by atoms with Crippen LogP contribution >= 0.6 is 0 Å². The summed E-state index contributed by atoms with van der Waals surface area (Å²) in [6, 6.07) is 13.7. The number of nitrogens with zero attached hydrogens (tertiary/aromatic N) is 4. The van der Waals surface area contributed by atoms with Crippen molar-refractivity contribution in [3.63, 3.8) is 0 Å². The van der Waals surface area contributed by atoms with E-state index < -0.39 is 0 Å². The van der Waals surface area contributed by atoms with Gasteiger partial charge in [-0.25, -0.2) is 4.98 Å². The molecule has 2 aromatic heterocycles. The van der Waals surface area contributed by atoms with Crippen molar-refractivity contribution >= 4 is 17.5 Å². The van der Waals surface area contributed by atoms with Crippen molar-refractivity contribution in [2.75, 3.05) is 30.9 Å². The van der Waals surface area contributed by atoms with E-state index in [4.69, 9.17) is 4.74 Å². The van der Waals surface area contributed by atoms with E-state index in [9.17, 15) is 0 Å². The van der Waals surface area contributed by atoms with Crippen molar-refractivity contribution in [3.05, 3.63) is 66.1 Å². The highest BCUT2D eigenvalue weighted by Gasteiger charge is 2.08. The molecule has 1 aromatic carbocycles. The molecule has 134 valence electrons. The van der Waals surface area contributed by atoms with Crippen molar-refractivity contribution in [1.82, 2.24) is 15.0 Å². The molecule has 0 saturated carbocycles. The fourth-order valence-corrected chi connectivity index (χ4v) is 2.56. The summed E-state index contributed by atoms with van der Waals surface area (Å²) in [4.78, 5) is 15.3. The van der Waals surface area contributed by atoms with Crippen LogP contribution in [0.1, 0.15) is 11.3 Å². The van der Waals surface area contributed by atoms with E-state index in [0.717, 1.165) is 35.9 Å². The average Bonchev–Trinajstić information content (AvgIpc) is 2.67. The molecule has 0 fully saturated rings. The molecule has 0 radical (unpaired) electrons. The third-order valence-corrected chi connectivity index (χ3v) is 4.03. The molecule has 0 aliphatic carbocycles. The fourth-order valence-electron chi connectivity index (χ4n) is 2.56. The van der Waals surface area contributed by atoms with Gasteiger partial charge in [-0.2, -0.15) is 4.98 Å². The molecule has 2 heterocycles. The predicted molar refractivity (Wildman–Crippen MR) is 104 cm³/mol. The lowest BCUT2D eigenvalue weighted by molar-refractivity contribution is 0.415. The Morgan fingerprint density at radius 2 is 1.77 bits per heavy atom. The lowest BCUT2D eigenvalue weighted by atomic mass is 10.2. The lowest BCUT2D eigenvalue weighted by Gasteiger charge is -2.18. The molecule has 3 rings (SSSR count). The van der Waals surface area contributed by atoms with Crippen LogP contribution in [0.5, 0.6) is 5.75 Å². The zero-order valence-corrected chi connectivity index (χ0v) is 15.3. The van der Waals surface area contributed by atoms with Gasteiger partial charge in [0.25, 0.3) is 0 Å². The van der Waals surface area contributed by atoms with Gasteiger partial charge in [0.05, 0.1) is 7.11 Å². The number of pyridine rings is 1. The minimum atomic E-state index is 0.704. The van der Waals surface area contributed by atoms with E-state index in [0.29, 0.717) is 5.95 Å². The number of nitrogens with one attached hydrogen (secondary N) is 1. The number of rotatable bonds is 7. The number of ether oxygens (including phenoxy) is 1. The molecule has 0 saturated heterocycles. The third-order valence-electron chi connectivity index (χ3n) is 4.03. The van der Waals surface area contributed by atoms with Crippen molar-refractivity contribution in [2.45, 2.75) is 13.3 Å². The zero-order chi connectivity index (χ0) is 18.4. The summed E-state index contributed by atoms with van der Waals surface area (Å²) in [5.74, 6) is 2.30. The molecular weight excluding hydrogens is 326 g/mol. The number of anilines is 3. The standard InChI is InChI=1S/C20H23N5O/c1-15-14-19(23-17-4-6-18(26-3)7-5-17)24-20(22-15)25(2)13-10-16-8-11-21-12-9-16/h4-9,11-12,14H,10,13H2,1-3H3,(H,22,23,24). The smallest absolute Gasteiger partial charge is 0.227 e. The zero-order valence-electron chi connectivity index (χ0n) is 15.3. The van der Waals surface area contributed by atoms with Crippen LogP contribution in [0.15, 0.2) is 54.9 Å². The van der Waals surface area contributed by atoms with Gasteiger partial charge in [0.1, 0.15) is 11.6 Å². The van der Waals surface area contributed by atoms with Gasteiger partial charge >= 0.3 is 0 Å². The summed E-state index contributed by atoms with van der Waals surface area (Å²) < 4.78 is 5.19. The largest absolute Gasteiger partial charge is 0.497 e. The summed E-state index contributed by atoms with van der Waals surface area (Å²) in [5.41, 5.74) is 3.12. The minimum absolute atomic E-state index is 0.704. The maximum atomic E-state index is 5.19. The van der Waals surface area contributed by atoms with Gasteiger partial charge < -0.3 is 15.0 Å². The van der Waals surface area contributed by atoms with Gasteiger partial charge in [-0.3, -0.25) is 4.98 Å². The molecule has 26 heavy (non-hydrogen) atoms. The topological polar surface area (TPSA) is 63.2 Å². The third kappa shape index (κ3) is 4.69. The predicted octanol–water partition coefficient (Wildman–Crippen LogP) is 3.61. The summed E-state index contributed by atoms with van der Waals surface area (Å²) in [6.45, 7) is 2.80. The van der Waals surface area contributed by atoms with Gasteiger partial charge in [-0.1, -0.05) is 0 Å². The summed E-state index contributed by atoms with van der Waals surface area (Å²) in [5, 5.41) is 3.32. The van der Waals surface area contributed by atoms with E-state index >= 15 is 0 Å². The number of aromatic nitrogens is 3. The maximum Gasteiger partial charge on any atom is 0.227 e. The average molecular weight is 349 g/mol. The number of aryl methyl sites for hydroxylation is 1. The molecule has 0 spiro atoms. The van der Waals surface area contributed by atoms with Crippen LogP contribution in [-0.2, 0) is 6.42 Å². The van der Waals surface area contributed by atoms with Crippen molar-refractivity contribution in [1.29, 1.82) is 0 Å². The first-order valence-corrected chi connectivity index (χ1v) is 8.51. The number of likely N-dealkylation sites (N-methyl/N-ethyl adjacent to an activating group) is 1. The van der Waals surface area contributed by atoms with Crippen molar-refractivity contribution in [3.8, 4) is 5.75 Å². The highest BCUT2D eigenvalue weighted by molar-refractivity contribution is 5.58. The molecule has 0 amide bonds. The molecular formula is C20H23N5O. The highest BCUT2D eigenvalue weighted by atomic mass is 16.5. The van der Waals surface area contributed by atoms with Crippen LogP contribution in [0, 0.1) is 6.92 Å². The molecule has 3 aromatic rings. The Hall–Kier alpha value is -3.15. The van der Waals surface area contributed by atoms with Crippen LogP contribution in [0.4, 0.5) is 17.5 Å². The Bertz CT molecular complexity index is 837. The Morgan fingerprint density at radius 1 is 1.04 bits per heavy atom. The van der Waals surface area contributed by atoms with Gasteiger partial charge in [0.15, 0.2) is 0 Å². The minimum Gasteiger partial charge on any atom is -0.497 e. The lowest BCUT2D eigenvalue weighted by Crippen LogP contribution is -2.23. The van der Waals surface area contributed by atoms with E-state index in [2.05, 4.69) is 25.2 Å². The van der Waals surface area contributed by atoms with E-state index in [-0.39, 0.29) is 0 Å². The summed E-state index contributed by atoms with van der Waals surface area (Å²) >= 11 is 0. The van der Waals surface area contributed by atoms with Crippen LogP contribution in [-0.4, -0.2) is 35.7 Å². The monoisotopic (exact) mass is 349 g/mol. The van der Waals surface area contributed by atoms with Crippen LogP contribution < -0.4 is 15.0 Å². The summed E-state index contributed by atoms with van der Waals surface area (Å²) in [7, 11) is 3.66. The van der Waals surface area contributed by atoms with Crippen LogP contribution in [0.2, 0.25) is 0 Å². The normalized spacial score (nSPS) is 10.4. The second kappa shape index (κ2) is 8.29. The number of methoxy groups -OCH3 is 1. The van der Waals surface area contributed by atoms with E-state index in [1.54, 1.807) is 7.11 Å². The van der Waals surface area contributed by atoms with E-state index in [1.165, 1.54) is 5.56 Å². The number of hydrogen-bond donors (Lipinski definition) is 1. The number of benzene rings is 1. The molecule has 6 heteroatoms.